The van der Waals surface area contributed by atoms with Gasteiger partial charge in [-0.05, 0) is 88.1 Å². The molecule has 15 rings (SSSR count). The van der Waals surface area contributed by atoms with Crippen molar-refractivity contribution >= 4 is 162 Å². The molecule has 2 aliphatic heterocycles. The molecular weight excluding hydrogens is 864 g/mol. The first-order chi connectivity index (χ1) is 32.2. The molecule has 0 N–H and O–H groups in total. The Morgan fingerprint density at radius 2 is 0.769 bits per heavy atom. The zero-order chi connectivity index (χ0) is 42.3. The van der Waals surface area contributed by atoms with Gasteiger partial charge in [0.2, 0.25) is 0 Å². The number of benzene rings is 9. The van der Waals surface area contributed by atoms with Crippen LogP contribution >= 0.6 is 45.3 Å². The van der Waals surface area contributed by atoms with E-state index in [4.69, 9.17) is 0 Å². The number of nitrogens with zero attached hydrogens (tertiary/aromatic N) is 2. The lowest BCUT2D eigenvalue weighted by atomic mass is 9.36. The maximum Gasteiger partial charge on any atom is 0.266 e. The average molecular weight is 897 g/mol. The van der Waals surface area contributed by atoms with Crippen molar-refractivity contribution in [3.8, 4) is 22.3 Å². The predicted octanol–water partition coefficient (Wildman–Crippen LogP) is 16.3. The molecule has 2 aliphatic rings. The highest BCUT2D eigenvalue weighted by atomic mass is 32.1. The summed E-state index contributed by atoms with van der Waals surface area (Å²) in [5.74, 6) is 0. The van der Waals surface area contributed by atoms with Crippen molar-refractivity contribution in [1.29, 1.82) is 0 Å². The van der Waals surface area contributed by atoms with Crippen LogP contribution in [0, 0.1) is 0 Å². The number of anilines is 6. The van der Waals surface area contributed by atoms with E-state index in [9.17, 15) is 0 Å². The van der Waals surface area contributed by atoms with Gasteiger partial charge in [0.15, 0.2) is 0 Å². The van der Waals surface area contributed by atoms with Crippen LogP contribution in [0.4, 0.5) is 33.4 Å². The Labute approximate surface area is 391 Å². The Balaban J connectivity index is 1.09. The molecule has 4 aromatic heterocycles. The van der Waals surface area contributed by atoms with E-state index in [-0.39, 0.29) is 6.71 Å². The maximum absolute atomic E-state index is 2.66. The van der Waals surface area contributed by atoms with Crippen molar-refractivity contribution < 1.29 is 0 Å². The van der Waals surface area contributed by atoms with E-state index in [1.807, 2.05) is 45.3 Å². The van der Waals surface area contributed by atoms with Gasteiger partial charge >= 0.3 is 0 Å². The third-order valence-electron chi connectivity index (χ3n) is 13.7. The summed E-state index contributed by atoms with van der Waals surface area (Å²) in [4.78, 5) is 5.30. The maximum atomic E-state index is 2.66. The predicted molar refractivity (Wildman–Crippen MR) is 288 cm³/mol. The van der Waals surface area contributed by atoms with Crippen LogP contribution in [0.1, 0.15) is 0 Å². The zero-order valence-corrected chi connectivity index (χ0v) is 37.9. The van der Waals surface area contributed by atoms with Crippen molar-refractivity contribution in [3.05, 3.63) is 200 Å². The molecule has 0 aliphatic carbocycles. The number of hydrogen-bond donors (Lipinski definition) is 0. The molecule has 7 heteroatoms. The number of hydrogen-bond acceptors (Lipinski definition) is 6. The average Bonchev–Trinajstić information content (AvgIpc) is 4.14. The fourth-order valence-corrected chi connectivity index (χ4v) is 15.7. The van der Waals surface area contributed by atoms with Gasteiger partial charge in [-0.3, -0.25) is 0 Å². The SMILES string of the molecule is c1ccc(-c2cc3sc4ccccc4c3cc2N2c3cccc4c3B(c3sc5ccccc5c3N4c3cc4c(cc3-c3ccccc3)sc3ccccc34)c3c2sc2ccccc32)cc1. The molecule has 0 amide bonds. The molecule has 302 valence electrons. The Hall–Kier alpha value is -7.00. The lowest BCUT2D eigenvalue weighted by molar-refractivity contribution is 1.29. The first-order valence-corrected chi connectivity index (χ1v) is 25.3. The van der Waals surface area contributed by atoms with E-state index in [1.54, 1.807) is 0 Å². The largest absolute Gasteiger partial charge is 0.309 e. The summed E-state index contributed by atoms with van der Waals surface area (Å²) >= 11 is 7.68. The first-order valence-electron chi connectivity index (χ1n) is 22.0. The van der Waals surface area contributed by atoms with Crippen LogP contribution in [0.25, 0.3) is 82.8 Å². The quantitative estimate of drug-likeness (QED) is 0.162. The third kappa shape index (κ3) is 5.15. The normalized spacial score (nSPS) is 13.1. The number of fused-ring (bicyclic) bond motifs is 14. The molecule has 0 unspecified atom stereocenters. The number of thiophene rings is 4. The lowest BCUT2D eigenvalue weighted by Crippen LogP contribution is -2.60. The van der Waals surface area contributed by atoms with Crippen LogP contribution in [-0.4, -0.2) is 6.71 Å². The molecule has 0 bridgehead atoms. The van der Waals surface area contributed by atoms with Gasteiger partial charge in [0, 0.05) is 82.4 Å². The minimum absolute atomic E-state index is 0.0315. The highest BCUT2D eigenvalue weighted by Gasteiger charge is 2.47. The summed E-state index contributed by atoms with van der Waals surface area (Å²) < 4.78 is 9.26. The van der Waals surface area contributed by atoms with E-state index in [1.165, 1.54) is 132 Å². The van der Waals surface area contributed by atoms with E-state index in [0.717, 1.165) is 0 Å². The molecule has 0 saturated carbocycles. The summed E-state index contributed by atoms with van der Waals surface area (Å²) in [6, 6.07) is 75.1. The van der Waals surface area contributed by atoms with Gasteiger partial charge in [-0.15, -0.1) is 45.3 Å². The molecule has 0 atom stereocenters. The van der Waals surface area contributed by atoms with Crippen LogP contribution in [0.3, 0.4) is 0 Å². The Morgan fingerprint density at radius 1 is 0.308 bits per heavy atom. The lowest BCUT2D eigenvalue weighted by Gasteiger charge is -2.42. The Kier molecular flexibility index (Phi) is 7.69. The highest BCUT2D eigenvalue weighted by Crippen LogP contribution is 2.54. The highest BCUT2D eigenvalue weighted by molar-refractivity contribution is 7.35. The fraction of sp³-hybridized carbons (Fsp3) is 0. The van der Waals surface area contributed by atoms with Crippen molar-refractivity contribution in [3.63, 3.8) is 0 Å². The van der Waals surface area contributed by atoms with Gasteiger partial charge in [0.1, 0.15) is 0 Å². The monoisotopic (exact) mass is 896 g/mol. The second kappa shape index (κ2) is 13.8. The van der Waals surface area contributed by atoms with E-state index >= 15 is 0 Å². The van der Waals surface area contributed by atoms with Crippen molar-refractivity contribution in [1.82, 2.24) is 0 Å². The van der Waals surface area contributed by atoms with Gasteiger partial charge in [-0.1, -0.05) is 140 Å². The smallest absolute Gasteiger partial charge is 0.266 e. The van der Waals surface area contributed by atoms with Crippen LogP contribution in [-0.2, 0) is 0 Å². The second-order valence-corrected chi connectivity index (χ2v) is 21.4. The molecule has 0 fully saturated rings. The summed E-state index contributed by atoms with van der Waals surface area (Å²) in [5.41, 5.74) is 13.8. The molecule has 0 radical (unpaired) electrons. The van der Waals surface area contributed by atoms with Crippen molar-refractivity contribution in [2.24, 2.45) is 0 Å². The summed E-state index contributed by atoms with van der Waals surface area (Å²) in [6.07, 6.45) is 0. The molecule has 0 spiro atoms. The van der Waals surface area contributed by atoms with Gasteiger partial charge < -0.3 is 9.80 Å². The Bertz CT molecular complexity index is 4100. The van der Waals surface area contributed by atoms with Gasteiger partial charge in [-0.2, -0.15) is 0 Å². The summed E-state index contributed by atoms with van der Waals surface area (Å²) in [7, 11) is 0. The third-order valence-corrected chi connectivity index (χ3v) is 18.3. The molecule has 9 aromatic carbocycles. The minimum atomic E-state index is 0.0315. The molecule has 6 heterocycles. The van der Waals surface area contributed by atoms with E-state index in [2.05, 4.69) is 210 Å². The van der Waals surface area contributed by atoms with Crippen molar-refractivity contribution in [2.75, 3.05) is 9.80 Å². The van der Waals surface area contributed by atoms with Crippen LogP contribution < -0.4 is 25.5 Å². The van der Waals surface area contributed by atoms with Crippen molar-refractivity contribution in [2.45, 2.75) is 0 Å². The summed E-state index contributed by atoms with van der Waals surface area (Å²) in [6.45, 7) is 0.0315. The first kappa shape index (κ1) is 36.4. The fourth-order valence-electron chi connectivity index (χ4n) is 10.9. The standard InChI is InChI=1S/C58H33BN2S4/c1-3-16-34(17-4-1)40-32-52-42(36-20-7-11-26-48(36)62-52)30-46(40)60-44-24-15-25-45-55(44)59(57-56(60)39-23-10-14-29-51(39)64-57)54-38-22-9-13-28-50(38)65-58(54)61(45)47-31-43-37-21-8-12-27-49(37)63-53(43)33-41(47)35-18-5-2-6-19-35/h1-33H. The topological polar surface area (TPSA) is 6.48 Å². The molecular formula is C58H33BN2S4. The van der Waals surface area contributed by atoms with Crippen LogP contribution in [0.5, 0.6) is 0 Å². The molecule has 2 nitrogen and oxygen atoms in total. The Morgan fingerprint density at radius 3 is 1.35 bits per heavy atom. The molecule has 65 heavy (non-hydrogen) atoms. The second-order valence-electron chi connectivity index (χ2n) is 17.1. The summed E-state index contributed by atoms with van der Waals surface area (Å²) in [5, 5.41) is 9.13. The van der Waals surface area contributed by atoms with E-state index in [0.29, 0.717) is 0 Å². The minimum Gasteiger partial charge on any atom is -0.309 e. The number of rotatable bonds is 4. The molecule has 13 aromatic rings. The zero-order valence-electron chi connectivity index (χ0n) is 34.7. The van der Waals surface area contributed by atoms with Gasteiger partial charge in [0.25, 0.3) is 6.71 Å². The van der Waals surface area contributed by atoms with Gasteiger partial charge in [-0.25, -0.2) is 0 Å². The van der Waals surface area contributed by atoms with Crippen LogP contribution in [0.15, 0.2) is 200 Å². The van der Waals surface area contributed by atoms with Crippen LogP contribution in [0.2, 0.25) is 0 Å². The van der Waals surface area contributed by atoms with Gasteiger partial charge in [0.05, 0.1) is 22.1 Å². The molecule has 0 saturated heterocycles. The van der Waals surface area contributed by atoms with E-state index < -0.39 is 0 Å².